The van der Waals surface area contributed by atoms with Crippen molar-refractivity contribution < 1.29 is 14.6 Å². The first-order chi connectivity index (χ1) is 13.5. The Bertz CT molecular complexity index is 712. The Morgan fingerprint density at radius 2 is 1.93 bits per heavy atom. The monoisotopic (exact) mass is 382 g/mol. The summed E-state index contributed by atoms with van der Waals surface area (Å²) in [6.07, 6.45) is 11.2. The predicted molar refractivity (Wildman–Crippen MR) is 115 cm³/mol. The molecule has 1 aliphatic rings. The Morgan fingerprint density at radius 3 is 2.50 bits per heavy atom. The molecule has 1 atom stereocenters. The molecule has 0 unspecified atom stereocenters. The molecule has 1 aliphatic carbocycles. The maximum Gasteiger partial charge on any atom is 0.304 e. The van der Waals surface area contributed by atoms with Crippen LogP contribution in [0.2, 0.25) is 0 Å². The molecule has 2 rings (SSSR count). The first kappa shape index (κ1) is 22.1. The standard InChI is InChI=1S/C25H34O3/c1-4-9-20(18-25(3)15-7-6-8-16-25)19-28-23-13-11-21(12-14-23)22(10-5-2)17-24(26)27/h9,11-14,22H,4,6-8,15-19H2,1-3H3,(H,26,27)/b20-9+/t22-/m0/s1. The number of allylic oxidation sites excluding steroid dienone is 1. The smallest absolute Gasteiger partial charge is 0.304 e. The van der Waals surface area contributed by atoms with Crippen molar-refractivity contribution in [2.75, 3.05) is 6.61 Å². The third-order valence-electron chi connectivity index (χ3n) is 5.61. The van der Waals surface area contributed by atoms with Crippen molar-refractivity contribution in [2.24, 2.45) is 5.41 Å². The summed E-state index contributed by atoms with van der Waals surface area (Å²) in [5.74, 6) is 5.52. The Balaban J connectivity index is 1.98. The number of carboxylic acids is 1. The van der Waals surface area contributed by atoms with Crippen LogP contribution in [0.5, 0.6) is 5.75 Å². The largest absolute Gasteiger partial charge is 0.489 e. The van der Waals surface area contributed by atoms with Crippen LogP contribution in [0.1, 0.15) is 83.6 Å². The van der Waals surface area contributed by atoms with Crippen LogP contribution in [0.4, 0.5) is 0 Å². The van der Waals surface area contributed by atoms with E-state index in [0.717, 1.165) is 24.2 Å². The van der Waals surface area contributed by atoms with Gasteiger partial charge in [-0.15, -0.1) is 5.92 Å². The molecule has 28 heavy (non-hydrogen) atoms. The van der Waals surface area contributed by atoms with E-state index in [1.807, 2.05) is 24.3 Å². The van der Waals surface area contributed by atoms with Gasteiger partial charge >= 0.3 is 5.97 Å². The van der Waals surface area contributed by atoms with Gasteiger partial charge in [0.15, 0.2) is 0 Å². The van der Waals surface area contributed by atoms with E-state index < -0.39 is 5.97 Å². The second kappa shape index (κ2) is 11.0. The minimum atomic E-state index is -0.835. The highest BCUT2D eigenvalue weighted by Crippen LogP contribution is 2.41. The highest BCUT2D eigenvalue weighted by atomic mass is 16.5. The van der Waals surface area contributed by atoms with Crippen molar-refractivity contribution >= 4 is 5.97 Å². The molecular formula is C25H34O3. The van der Waals surface area contributed by atoms with Crippen LogP contribution in [0.25, 0.3) is 0 Å². The van der Waals surface area contributed by atoms with Gasteiger partial charge in [-0.05, 0) is 61.3 Å². The zero-order valence-corrected chi connectivity index (χ0v) is 17.6. The van der Waals surface area contributed by atoms with Crippen LogP contribution in [0.15, 0.2) is 35.9 Å². The van der Waals surface area contributed by atoms with E-state index in [4.69, 9.17) is 9.84 Å². The lowest BCUT2D eigenvalue weighted by Gasteiger charge is -2.34. The summed E-state index contributed by atoms with van der Waals surface area (Å²) in [5.41, 5.74) is 2.72. The summed E-state index contributed by atoms with van der Waals surface area (Å²) >= 11 is 0. The van der Waals surface area contributed by atoms with Gasteiger partial charge in [-0.25, -0.2) is 0 Å². The van der Waals surface area contributed by atoms with Crippen LogP contribution in [-0.4, -0.2) is 17.7 Å². The fourth-order valence-electron chi connectivity index (χ4n) is 4.17. The van der Waals surface area contributed by atoms with Crippen LogP contribution >= 0.6 is 0 Å². The Kier molecular flexibility index (Phi) is 8.64. The van der Waals surface area contributed by atoms with E-state index in [9.17, 15) is 4.79 Å². The molecule has 1 aromatic carbocycles. The molecule has 1 N–H and O–H groups in total. The van der Waals surface area contributed by atoms with Crippen molar-refractivity contribution in [1.29, 1.82) is 0 Å². The minimum absolute atomic E-state index is 0.0169. The highest BCUT2D eigenvalue weighted by Gasteiger charge is 2.27. The van der Waals surface area contributed by atoms with E-state index in [1.54, 1.807) is 6.92 Å². The van der Waals surface area contributed by atoms with E-state index in [-0.39, 0.29) is 12.3 Å². The van der Waals surface area contributed by atoms with Crippen molar-refractivity contribution in [3.05, 3.63) is 41.5 Å². The lowest BCUT2D eigenvalue weighted by molar-refractivity contribution is -0.137. The summed E-state index contributed by atoms with van der Waals surface area (Å²) in [6.45, 7) is 6.95. The fourth-order valence-corrected chi connectivity index (χ4v) is 4.17. The number of carboxylic acid groups (broad SMARTS) is 1. The Hall–Kier alpha value is -2.21. The average Bonchev–Trinajstić information content (AvgIpc) is 2.66. The van der Waals surface area contributed by atoms with Crippen LogP contribution in [-0.2, 0) is 4.79 Å². The molecule has 1 fully saturated rings. The zero-order chi connectivity index (χ0) is 20.4. The van der Waals surface area contributed by atoms with E-state index in [0.29, 0.717) is 12.0 Å². The molecule has 0 aromatic heterocycles. The zero-order valence-electron chi connectivity index (χ0n) is 17.6. The normalized spacial score (nSPS) is 17.3. The molecule has 0 saturated heterocycles. The van der Waals surface area contributed by atoms with Gasteiger partial charge in [-0.2, -0.15) is 0 Å². The summed E-state index contributed by atoms with van der Waals surface area (Å²) in [7, 11) is 0. The van der Waals surface area contributed by atoms with Crippen molar-refractivity contribution in [2.45, 2.75) is 78.1 Å². The average molecular weight is 383 g/mol. The molecule has 0 amide bonds. The molecule has 3 nitrogen and oxygen atoms in total. The SMILES string of the molecule is CC#C[C@@H](CC(=O)O)c1ccc(OC/C(=C/CC)CC2(C)CCCCC2)cc1. The summed E-state index contributed by atoms with van der Waals surface area (Å²) in [4.78, 5) is 11.1. The van der Waals surface area contributed by atoms with Gasteiger partial charge in [0.1, 0.15) is 12.4 Å². The lowest BCUT2D eigenvalue weighted by atomic mass is 9.72. The number of aliphatic carboxylic acids is 1. The van der Waals surface area contributed by atoms with Crippen molar-refractivity contribution in [1.82, 2.24) is 0 Å². The number of hydrogen-bond acceptors (Lipinski definition) is 2. The second-order valence-electron chi connectivity index (χ2n) is 8.22. The molecule has 152 valence electrons. The predicted octanol–water partition coefficient (Wildman–Crippen LogP) is 6.34. The molecule has 3 heteroatoms. The number of carbonyl (C=O) groups is 1. The molecule has 1 saturated carbocycles. The minimum Gasteiger partial charge on any atom is -0.489 e. The van der Waals surface area contributed by atoms with Crippen LogP contribution < -0.4 is 4.74 Å². The van der Waals surface area contributed by atoms with Crippen LogP contribution in [0, 0.1) is 17.3 Å². The van der Waals surface area contributed by atoms with Gasteiger partial charge in [0.2, 0.25) is 0 Å². The molecular weight excluding hydrogens is 348 g/mol. The lowest BCUT2D eigenvalue weighted by Crippen LogP contribution is -2.22. The maximum absolute atomic E-state index is 11.1. The van der Waals surface area contributed by atoms with Gasteiger partial charge in [0.05, 0.1) is 12.3 Å². The number of rotatable bonds is 9. The first-order valence-corrected chi connectivity index (χ1v) is 10.5. The van der Waals surface area contributed by atoms with Gasteiger partial charge in [0.25, 0.3) is 0 Å². The number of benzene rings is 1. The van der Waals surface area contributed by atoms with E-state index in [1.165, 1.54) is 37.7 Å². The summed E-state index contributed by atoms with van der Waals surface area (Å²) in [6, 6.07) is 7.71. The van der Waals surface area contributed by atoms with Gasteiger partial charge in [-0.3, -0.25) is 4.79 Å². The van der Waals surface area contributed by atoms with E-state index in [2.05, 4.69) is 31.8 Å². The van der Waals surface area contributed by atoms with Gasteiger partial charge in [0, 0.05) is 0 Å². The quantitative estimate of drug-likeness (QED) is 0.400. The fraction of sp³-hybridized carbons (Fsp3) is 0.560. The topological polar surface area (TPSA) is 46.5 Å². The summed E-state index contributed by atoms with van der Waals surface area (Å²) in [5, 5.41) is 9.08. The van der Waals surface area contributed by atoms with Gasteiger partial charge in [-0.1, -0.05) is 57.2 Å². The first-order valence-electron chi connectivity index (χ1n) is 10.5. The Morgan fingerprint density at radius 1 is 1.25 bits per heavy atom. The Labute approximate surface area is 170 Å². The van der Waals surface area contributed by atoms with Gasteiger partial charge < -0.3 is 9.84 Å². The highest BCUT2D eigenvalue weighted by molar-refractivity contribution is 5.69. The molecule has 0 aliphatic heterocycles. The molecule has 0 heterocycles. The molecule has 0 spiro atoms. The number of ether oxygens (including phenoxy) is 1. The molecule has 1 aromatic rings. The maximum atomic E-state index is 11.1. The van der Waals surface area contributed by atoms with E-state index >= 15 is 0 Å². The van der Waals surface area contributed by atoms with Crippen molar-refractivity contribution in [3.8, 4) is 17.6 Å². The van der Waals surface area contributed by atoms with Crippen LogP contribution in [0.3, 0.4) is 0 Å². The molecule has 0 bridgehead atoms. The molecule has 0 radical (unpaired) electrons. The summed E-state index contributed by atoms with van der Waals surface area (Å²) < 4.78 is 6.06. The third kappa shape index (κ3) is 7.08. The van der Waals surface area contributed by atoms with Crippen molar-refractivity contribution in [3.63, 3.8) is 0 Å². The third-order valence-corrected chi connectivity index (χ3v) is 5.61. The number of hydrogen-bond donors (Lipinski definition) is 1. The second-order valence-corrected chi connectivity index (χ2v) is 8.22.